The number of anilines is 5. The topological polar surface area (TPSA) is 97.9 Å². The molecule has 10 nitrogen and oxygen atoms in total. The third kappa shape index (κ3) is 7.05. The Kier molecular flexibility index (Phi) is 9.12. The number of halogens is 5. The molecule has 0 saturated carbocycles. The van der Waals surface area contributed by atoms with Gasteiger partial charge in [0.25, 0.3) is 5.91 Å². The van der Waals surface area contributed by atoms with E-state index in [0.717, 1.165) is 39.0 Å². The van der Waals surface area contributed by atoms with E-state index in [9.17, 15) is 26.7 Å². The zero-order valence-electron chi connectivity index (χ0n) is 26.2. The van der Waals surface area contributed by atoms with Crippen LogP contribution in [0.5, 0.6) is 5.75 Å². The molecule has 3 N–H and O–H groups in total. The minimum absolute atomic E-state index is 0.0510. The maximum atomic E-state index is 13.9. The molecule has 47 heavy (non-hydrogen) atoms. The molecule has 0 aliphatic carbocycles. The standard InChI is InChI=1S/C32H37F5N8O2/c1-18-16-45(17-19(2)43(18)3)21-9-11-44(12-10-21)22-7-8-24(26(13-22)47-30(33)34)41-31-39-15-23(32(35,36)37)28(42-31)40-25-6-4-5-20-14-38-29(46)27(20)25/h4-8,13,15,18-19,21,30H,9-12,14,16-17H2,1-3H3,(H,38,46)(H2,39,40,41,42)/t18-,19+. The number of carbonyl (C=O) groups is 1. The summed E-state index contributed by atoms with van der Waals surface area (Å²) in [5.74, 6) is -1.52. The summed E-state index contributed by atoms with van der Waals surface area (Å²) in [6.45, 7) is 5.06. The van der Waals surface area contributed by atoms with Gasteiger partial charge in [0.1, 0.15) is 11.4 Å². The molecule has 3 aliphatic rings. The van der Waals surface area contributed by atoms with Crippen LogP contribution in [-0.4, -0.2) is 83.6 Å². The lowest BCUT2D eigenvalue weighted by Crippen LogP contribution is -2.59. The molecule has 3 aliphatic heterocycles. The predicted molar refractivity (Wildman–Crippen MR) is 168 cm³/mol. The zero-order chi connectivity index (χ0) is 33.5. The summed E-state index contributed by atoms with van der Waals surface area (Å²) in [7, 11) is 2.16. The van der Waals surface area contributed by atoms with Crippen molar-refractivity contribution in [2.45, 2.75) is 64.1 Å². The zero-order valence-corrected chi connectivity index (χ0v) is 26.2. The quantitative estimate of drug-likeness (QED) is 0.258. The first kappa shape index (κ1) is 32.7. The monoisotopic (exact) mass is 660 g/mol. The third-order valence-electron chi connectivity index (χ3n) is 9.33. The van der Waals surface area contributed by atoms with Gasteiger partial charge in [-0.2, -0.15) is 26.9 Å². The van der Waals surface area contributed by atoms with Crippen molar-refractivity contribution in [3.63, 3.8) is 0 Å². The number of hydrogen-bond donors (Lipinski definition) is 3. The summed E-state index contributed by atoms with van der Waals surface area (Å²) < 4.78 is 73.7. The molecule has 0 unspecified atom stereocenters. The number of aromatic nitrogens is 2. The van der Waals surface area contributed by atoms with Gasteiger partial charge in [-0.1, -0.05) is 12.1 Å². The van der Waals surface area contributed by atoms with Gasteiger partial charge in [-0.25, -0.2) is 4.98 Å². The lowest BCUT2D eigenvalue weighted by Gasteiger charge is -2.47. The predicted octanol–water partition coefficient (Wildman–Crippen LogP) is 5.82. The summed E-state index contributed by atoms with van der Waals surface area (Å²) in [6.07, 6.45) is -2.37. The Morgan fingerprint density at radius 3 is 2.43 bits per heavy atom. The van der Waals surface area contributed by atoms with Gasteiger partial charge in [0.15, 0.2) is 5.75 Å². The average Bonchev–Trinajstić information content (AvgIpc) is 3.41. The van der Waals surface area contributed by atoms with Crippen LogP contribution in [0.1, 0.15) is 48.2 Å². The number of hydrogen-bond acceptors (Lipinski definition) is 9. The van der Waals surface area contributed by atoms with Crippen molar-refractivity contribution in [1.82, 2.24) is 25.1 Å². The number of piperidine rings is 1. The van der Waals surface area contributed by atoms with Crippen molar-refractivity contribution in [1.29, 1.82) is 0 Å². The third-order valence-corrected chi connectivity index (χ3v) is 9.33. The van der Waals surface area contributed by atoms with E-state index in [-0.39, 0.29) is 35.2 Å². The summed E-state index contributed by atoms with van der Waals surface area (Å²) in [5.41, 5.74) is 0.560. The summed E-state index contributed by atoms with van der Waals surface area (Å²) in [5, 5.41) is 8.02. The molecule has 2 fully saturated rings. The van der Waals surface area contributed by atoms with Gasteiger partial charge in [0, 0.05) is 68.8 Å². The molecule has 4 heterocycles. The highest BCUT2D eigenvalue weighted by molar-refractivity contribution is 6.04. The van der Waals surface area contributed by atoms with Crippen molar-refractivity contribution in [2.75, 3.05) is 48.8 Å². The van der Waals surface area contributed by atoms with Crippen molar-refractivity contribution in [3.05, 3.63) is 59.3 Å². The molecule has 1 aromatic heterocycles. The maximum Gasteiger partial charge on any atom is 0.421 e. The minimum atomic E-state index is -4.82. The van der Waals surface area contributed by atoms with Crippen LogP contribution >= 0.6 is 0 Å². The number of carbonyl (C=O) groups excluding carboxylic acids is 1. The molecule has 2 atom stereocenters. The van der Waals surface area contributed by atoms with Gasteiger partial charge in [-0.3, -0.25) is 14.6 Å². The van der Waals surface area contributed by atoms with E-state index in [1.807, 2.05) is 0 Å². The number of rotatable bonds is 8. The van der Waals surface area contributed by atoms with E-state index in [4.69, 9.17) is 4.74 Å². The van der Waals surface area contributed by atoms with E-state index in [0.29, 0.717) is 35.6 Å². The van der Waals surface area contributed by atoms with Gasteiger partial charge < -0.3 is 25.6 Å². The molecule has 3 aromatic rings. The maximum absolute atomic E-state index is 13.9. The van der Waals surface area contributed by atoms with E-state index in [1.54, 1.807) is 18.2 Å². The molecular weight excluding hydrogens is 623 g/mol. The lowest BCUT2D eigenvalue weighted by atomic mass is 9.98. The van der Waals surface area contributed by atoms with Gasteiger partial charge >= 0.3 is 12.8 Å². The normalized spacial score (nSPS) is 21.1. The highest BCUT2D eigenvalue weighted by atomic mass is 19.4. The SMILES string of the molecule is C[C@@H]1CN(C2CCN(c3ccc(Nc4ncc(C(F)(F)F)c(Nc5cccc6c5C(=O)NC6)n4)c(OC(F)F)c3)CC2)C[C@H](C)N1C. The molecule has 2 aromatic carbocycles. The molecular formula is C32H37F5N8O2. The number of piperazine rings is 1. The van der Waals surface area contributed by atoms with Gasteiger partial charge in [0.05, 0.1) is 16.9 Å². The van der Waals surface area contributed by atoms with Gasteiger partial charge in [0.2, 0.25) is 5.95 Å². The second-order valence-electron chi connectivity index (χ2n) is 12.3. The molecule has 2 saturated heterocycles. The Morgan fingerprint density at radius 2 is 1.74 bits per heavy atom. The molecule has 0 spiro atoms. The molecule has 15 heteroatoms. The largest absolute Gasteiger partial charge is 0.433 e. The lowest BCUT2D eigenvalue weighted by molar-refractivity contribution is -0.137. The number of alkyl halides is 5. The molecule has 0 bridgehead atoms. The highest BCUT2D eigenvalue weighted by Gasteiger charge is 2.36. The summed E-state index contributed by atoms with van der Waals surface area (Å²) in [6, 6.07) is 10.9. The second-order valence-corrected chi connectivity index (χ2v) is 12.3. The number of benzene rings is 2. The van der Waals surface area contributed by atoms with Crippen molar-refractivity contribution in [3.8, 4) is 5.75 Å². The van der Waals surface area contributed by atoms with Gasteiger partial charge in [-0.15, -0.1) is 0 Å². The number of likely N-dealkylation sites (N-methyl/N-ethyl adjacent to an activating group) is 1. The van der Waals surface area contributed by atoms with Crippen LogP contribution in [0, 0.1) is 0 Å². The highest BCUT2D eigenvalue weighted by Crippen LogP contribution is 2.38. The molecule has 6 rings (SSSR count). The fourth-order valence-electron chi connectivity index (χ4n) is 6.61. The smallest absolute Gasteiger partial charge is 0.421 e. The number of nitrogens with one attached hydrogen (secondary N) is 3. The van der Waals surface area contributed by atoms with Crippen LogP contribution in [0.15, 0.2) is 42.6 Å². The van der Waals surface area contributed by atoms with E-state index >= 15 is 0 Å². The first-order chi connectivity index (χ1) is 22.4. The van der Waals surface area contributed by atoms with E-state index < -0.39 is 30.1 Å². The molecule has 0 radical (unpaired) electrons. The first-order valence-corrected chi connectivity index (χ1v) is 15.6. The fraction of sp³-hybridized carbons (Fsp3) is 0.469. The van der Waals surface area contributed by atoms with E-state index in [1.165, 1.54) is 18.2 Å². The van der Waals surface area contributed by atoms with Gasteiger partial charge in [-0.05, 0) is 57.5 Å². The van der Waals surface area contributed by atoms with Crippen molar-refractivity contribution in [2.24, 2.45) is 0 Å². The van der Waals surface area contributed by atoms with Crippen LogP contribution in [0.2, 0.25) is 0 Å². The van der Waals surface area contributed by atoms with Crippen LogP contribution in [0.3, 0.4) is 0 Å². The summed E-state index contributed by atoms with van der Waals surface area (Å²) in [4.78, 5) is 27.3. The van der Waals surface area contributed by atoms with Crippen molar-refractivity contribution < 1.29 is 31.5 Å². The Labute approximate surface area is 269 Å². The van der Waals surface area contributed by atoms with E-state index in [2.05, 4.69) is 61.5 Å². The second kappa shape index (κ2) is 13.1. The Bertz CT molecular complexity index is 1600. The van der Waals surface area contributed by atoms with Crippen LogP contribution in [0.25, 0.3) is 0 Å². The van der Waals surface area contributed by atoms with Crippen LogP contribution < -0.4 is 25.6 Å². The summed E-state index contributed by atoms with van der Waals surface area (Å²) >= 11 is 0. The molecule has 252 valence electrons. The number of amides is 1. The van der Waals surface area contributed by atoms with Crippen molar-refractivity contribution >= 4 is 34.7 Å². The Balaban J connectivity index is 1.21. The Morgan fingerprint density at radius 1 is 1.02 bits per heavy atom. The number of fused-ring (bicyclic) bond motifs is 1. The number of nitrogens with zero attached hydrogens (tertiary/aromatic N) is 5. The number of ether oxygens (including phenoxy) is 1. The molecule has 1 amide bonds. The van der Waals surface area contributed by atoms with Crippen LogP contribution in [0.4, 0.5) is 50.8 Å². The fourth-order valence-corrected chi connectivity index (χ4v) is 6.61. The Hall–Kier alpha value is -4.24. The van der Waals surface area contributed by atoms with Crippen LogP contribution in [-0.2, 0) is 12.7 Å². The minimum Gasteiger partial charge on any atom is -0.433 e. The first-order valence-electron chi connectivity index (χ1n) is 15.6. The average molecular weight is 661 g/mol.